The van der Waals surface area contributed by atoms with Gasteiger partial charge in [0.15, 0.2) is 0 Å². The van der Waals surface area contributed by atoms with E-state index < -0.39 is 17.9 Å². The van der Waals surface area contributed by atoms with Crippen molar-refractivity contribution in [1.82, 2.24) is 5.32 Å². The molecular weight excluding hydrogens is 298 g/mol. The predicted octanol–water partition coefficient (Wildman–Crippen LogP) is 1.36. The molecule has 124 valence electrons. The number of esters is 1. The van der Waals surface area contributed by atoms with E-state index in [0.29, 0.717) is 12.0 Å². The molecule has 1 atom stereocenters. The molecule has 0 spiro atoms. The van der Waals surface area contributed by atoms with Gasteiger partial charge in [0.2, 0.25) is 0 Å². The fourth-order valence-electron chi connectivity index (χ4n) is 1.88. The van der Waals surface area contributed by atoms with Crippen molar-refractivity contribution in [3.63, 3.8) is 0 Å². The topological polar surface area (TPSA) is 101 Å². The molecule has 7 heteroatoms. The van der Waals surface area contributed by atoms with Gasteiger partial charge in [-0.05, 0) is 38.5 Å². The van der Waals surface area contributed by atoms with Gasteiger partial charge in [-0.15, -0.1) is 0 Å². The molecule has 0 saturated carbocycles. The summed E-state index contributed by atoms with van der Waals surface area (Å²) in [5, 5.41) is 2.42. The summed E-state index contributed by atoms with van der Waals surface area (Å²) in [7, 11) is 1.24. The lowest BCUT2D eigenvalue weighted by Gasteiger charge is -2.21. The average Bonchev–Trinajstić information content (AvgIpc) is 2.46. The summed E-state index contributed by atoms with van der Waals surface area (Å²) in [4.78, 5) is 25.8. The second-order valence-electron chi connectivity index (χ2n) is 5.89. The van der Waals surface area contributed by atoms with E-state index in [4.69, 9.17) is 10.3 Å². The molecule has 0 fully saturated rings. The quantitative estimate of drug-likeness (QED) is 0.370. The smallest absolute Gasteiger partial charge is 0.344 e. The molecule has 0 aliphatic heterocycles. The van der Waals surface area contributed by atoms with E-state index in [0.717, 1.165) is 5.56 Å². The van der Waals surface area contributed by atoms with Crippen LogP contribution in [0.15, 0.2) is 24.3 Å². The van der Waals surface area contributed by atoms with Crippen LogP contribution in [0.4, 0.5) is 0 Å². The minimum Gasteiger partial charge on any atom is -0.488 e. The van der Waals surface area contributed by atoms with Crippen LogP contribution in [0.25, 0.3) is 5.53 Å². The normalized spacial score (nSPS) is 11.8. The van der Waals surface area contributed by atoms with Gasteiger partial charge in [-0.2, -0.15) is 4.79 Å². The number of carbonyl (C=O) groups excluding carboxylic acids is 2. The average molecular weight is 319 g/mol. The number of hydrogen-bond acceptors (Lipinski definition) is 4. The zero-order chi connectivity index (χ0) is 17.5. The number of benzene rings is 1. The van der Waals surface area contributed by atoms with Crippen LogP contribution in [-0.4, -0.2) is 41.6 Å². The SMILES string of the molecule is COC(=O)[C@H](Cc1ccc(OC(C)(C)C)cc1)NC(=O)C=[N+]=[N-]. The highest BCUT2D eigenvalue weighted by Crippen LogP contribution is 2.19. The first kappa shape index (κ1) is 18.4. The van der Waals surface area contributed by atoms with Gasteiger partial charge in [0.1, 0.15) is 17.4 Å². The number of methoxy groups -OCH3 is 1. The summed E-state index contributed by atoms with van der Waals surface area (Å²) < 4.78 is 10.4. The summed E-state index contributed by atoms with van der Waals surface area (Å²) in [6.07, 6.45) is 0.920. The number of amides is 1. The summed E-state index contributed by atoms with van der Waals surface area (Å²) in [6.45, 7) is 5.85. The maximum atomic E-state index is 11.7. The molecule has 1 N–H and O–H groups in total. The summed E-state index contributed by atoms with van der Waals surface area (Å²) in [5.74, 6) is -0.553. The van der Waals surface area contributed by atoms with Crippen LogP contribution in [0.1, 0.15) is 26.3 Å². The highest BCUT2D eigenvalue weighted by molar-refractivity contribution is 6.24. The maximum Gasteiger partial charge on any atom is 0.344 e. The van der Waals surface area contributed by atoms with Crippen LogP contribution >= 0.6 is 0 Å². The van der Waals surface area contributed by atoms with Crippen LogP contribution in [0.5, 0.6) is 5.75 Å². The van der Waals surface area contributed by atoms with E-state index in [2.05, 4.69) is 14.8 Å². The van der Waals surface area contributed by atoms with Crippen LogP contribution in [0.3, 0.4) is 0 Å². The Bertz CT molecular complexity index is 599. The van der Waals surface area contributed by atoms with E-state index >= 15 is 0 Å². The Morgan fingerprint density at radius 1 is 1.30 bits per heavy atom. The Morgan fingerprint density at radius 2 is 1.91 bits per heavy atom. The Hall–Kier alpha value is -2.66. The van der Waals surface area contributed by atoms with Crippen molar-refractivity contribution in [1.29, 1.82) is 0 Å². The zero-order valence-corrected chi connectivity index (χ0v) is 13.7. The highest BCUT2D eigenvalue weighted by Gasteiger charge is 2.22. The third-order valence-electron chi connectivity index (χ3n) is 2.76. The van der Waals surface area contributed by atoms with Crippen molar-refractivity contribution < 1.29 is 23.9 Å². The van der Waals surface area contributed by atoms with Crippen molar-refractivity contribution >= 4 is 18.1 Å². The van der Waals surface area contributed by atoms with Crippen LogP contribution in [0.2, 0.25) is 0 Å². The van der Waals surface area contributed by atoms with Gasteiger partial charge >= 0.3 is 18.1 Å². The molecule has 0 unspecified atom stereocenters. The molecule has 0 aliphatic carbocycles. The molecule has 0 aliphatic rings. The zero-order valence-electron chi connectivity index (χ0n) is 13.7. The van der Waals surface area contributed by atoms with Gasteiger partial charge in [0, 0.05) is 6.42 Å². The minimum atomic E-state index is -0.875. The lowest BCUT2D eigenvalue weighted by Crippen LogP contribution is -2.43. The summed E-state index contributed by atoms with van der Waals surface area (Å²) >= 11 is 0. The number of rotatable bonds is 6. The molecule has 0 saturated heterocycles. The van der Waals surface area contributed by atoms with Crippen LogP contribution in [-0.2, 0) is 20.7 Å². The molecule has 0 aromatic heterocycles. The summed E-state index contributed by atoms with van der Waals surface area (Å²) in [5.41, 5.74) is 8.86. The Kier molecular flexibility index (Phi) is 6.48. The Labute approximate surface area is 135 Å². The molecule has 0 heterocycles. The monoisotopic (exact) mass is 319 g/mol. The lowest BCUT2D eigenvalue weighted by atomic mass is 10.1. The minimum absolute atomic E-state index is 0.244. The largest absolute Gasteiger partial charge is 0.488 e. The van der Waals surface area contributed by atoms with Gasteiger partial charge in [-0.25, -0.2) is 4.79 Å². The third kappa shape index (κ3) is 6.76. The molecule has 23 heavy (non-hydrogen) atoms. The second kappa shape index (κ2) is 8.10. The van der Waals surface area contributed by atoms with Crippen LogP contribution in [0, 0.1) is 0 Å². The van der Waals surface area contributed by atoms with Gasteiger partial charge in [-0.3, -0.25) is 4.79 Å². The summed E-state index contributed by atoms with van der Waals surface area (Å²) in [6, 6.07) is 6.34. The number of nitrogens with one attached hydrogen (secondary N) is 1. The molecule has 7 nitrogen and oxygen atoms in total. The first-order valence-electron chi connectivity index (χ1n) is 7.09. The molecule has 0 radical (unpaired) electrons. The number of hydrogen-bond donors (Lipinski definition) is 1. The van der Waals surface area contributed by atoms with Crippen LogP contribution < -0.4 is 10.1 Å². The molecule has 0 bridgehead atoms. The van der Waals surface area contributed by atoms with E-state index in [1.165, 1.54) is 7.11 Å². The lowest BCUT2D eigenvalue weighted by molar-refractivity contribution is -0.144. The third-order valence-corrected chi connectivity index (χ3v) is 2.76. The number of nitrogens with zero attached hydrogens (tertiary/aromatic N) is 2. The van der Waals surface area contributed by atoms with E-state index in [9.17, 15) is 9.59 Å². The van der Waals surface area contributed by atoms with Crippen molar-refractivity contribution in [3.8, 4) is 5.75 Å². The number of ether oxygens (including phenoxy) is 2. The van der Waals surface area contributed by atoms with Crippen molar-refractivity contribution in [3.05, 3.63) is 35.4 Å². The fourth-order valence-corrected chi connectivity index (χ4v) is 1.88. The molecule has 1 amide bonds. The molecule has 1 aromatic rings. The number of carbonyl (C=O) groups is 2. The van der Waals surface area contributed by atoms with Crippen molar-refractivity contribution in [2.24, 2.45) is 0 Å². The highest BCUT2D eigenvalue weighted by atomic mass is 16.5. The molecule has 1 aromatic carbocycles. The van der Waals surface area contributed by atoms with Gasteiger partial charge in [0.25, 0.3) is 0 Å². The van der Waals surface area contributed by atoms with Gasteiger partial charge in [0.05, 0.1) is 7.11 Å². The van der Waals surface area contributed by atoms with Crippen molar-refractivity contribution in [2.45, 2.75) is 38.8 Å². The fraction of sp³-hybridized carbons (Fsp3) is 0.438. The molecular formula is C16H21N3O4. The van der Waals surface area contributed by atoms with Crippen molar-refractivity contribution in [2.75, 3.05) is 7.11 Å². The predicted molar refractivity (Wildman–Crippen MR) is 84.2 cm³/mol. The second-order valence-corrected chi connectivity index (χ2v) is 5.89. The van der Waals surface area contributed by atoms with E-state index in [-0.39, 0.29) is 12.0 Å². The van der Waals surface area contributed by atoms with Gasteiger partial charge in [-0.1, -0.05) is 12.1 Å². The Balaban J connectivity index is 2.81. The standard InChI is InChI=1S/C16H21N3O4/c1-16(2,3)23-12-7-5-11(6-8-12)9-13(15(21)22-4)19-14(20)10-18-17/h5-8,10,13H,9H2,1-4H3,(H,19,20)/t13-/m0/s1. The maximum absolute atomic E-state index is 11.7. The first-order chi connectivity index (χ1) is 10.7. The van der Waals surface area contributed by atoms with Gasteiger partial charge < -0.3 is 20.3 Å². The Morgan fingerprint density at radius 3 is 2.39 bits per heavy atom. The van der Waals surface area contributed by atoms with E-state index in [1.807, 2.05) is 32.9 Å². The van der Waals surface area contributed by atoms with E-state index in [1.54, 1.807) is 12.1 Å². The molecule has 1 rings (SSSR count). The first-order valence-corrected chi connectivity index (χ1v) is 7.09.